The molecule has 1 fully saturated rings. The highest BCUT2D eigenvalue weighted by Crippen LogP contribution is 2.15. The maximum absolute atomic E-state index is 12.1. The minimum absolute atomic E-state index is 0.00256. The summed E-state index contributed by atoms with van der Waals surface area (Å²) in [5.41, 5.74) is 0. The first kappa shape index (κ1) is 15.7. The molecule has 0 aromatic carbocycles. The van der Waals surface area contributed by atoms with Crippen LogP contribution in [0.25, 0.3) is 0 Å². The quantitative estimate of drug-likeness (QED) is 0.513. The summed E-state index contributed by atoms with van der Waals surface area (Å²) in [6, 6.07) is 0. The topological polar surface area (TPSA) is 99.4 Å². The van der Waals surface area contributed by atoms with Gasteiger partial charge in [-0.1, -0.05) is 11.8 Å². The second-order valence-electron chi connectivity index (χ2n) is 4.51. The molecule has 1 saturated heterocycles. The first-order chi connectivity index (χ1) is 10.1. The minimum Gasteiger partial charge on any atom is -0.468 e. The van der Waals surface area contributed by atoms with Crippen molar-refractivity contribution in [2.24, 2.45) is 0 Å². The first-order valence-electron chi connectivity index (χ1n) is 6.45. The van der Waals surface area contributed by atoms with Crippen LogP contribution in [0.2, 0.25) is 0 Å². The van der Waals surface area contributed by atoms with Gasteiger partial charge in [0.2, 0.25) is 11.1 Å². The van der Waals surface area contributed by atoms with Crippen molar-refractivity contribution in [1.29, 1.82) is 0 Å². The third-order valence-electron chi connectivity index (χ3n) is 2.92. The zero-order valence-electron chi connectivity index (χ0n) is 11.9. The molecule has 1 aromatic heterocycles. The van der Waals surface area contributed by atoms with Crippen molar-refractivity contribution in [3.63, 3.8) is 0 Å². The van der Waals surface area contributed by atoms with Crippen molar-refractivity contribution in [1.82, 2.24) is 25.1 Å². The van der Waals surface area contributed by atoms with Gasteiger partial charge in [0.25, 0.3) is 0 Å². The van der Waals surface area contributed by atoms with Gasteiger partial charge in [-0.3, -0.25) is 9.59 Å². The van der Waals surface area contributed by atoms with Crippen molar-refractivity contribution in [2.45, 2.75) is 24.7 Å². The Kier molecular flexibility index (Phi) is 5.51. The van der Waals surface area contributed by atoms with Crippen LogP contribution >= 0.6 is 11.8 Å². The lowest BCUT2D eigenvalue weighted by Crippen LogP contribution is -2.45. The van der Waals surface area contributed by atoms with Gasteiger partial charge in [0.05, 0.1) is 25.6 Å². The Morgan fingerprint density at radius 2 is 2.33 bits per heavy atom. The normalized spacial score (nSPS) is 18.6. The van der Waals surface area contributed by atoms with Gasteiger partial charge < -0.3 is 14.4 Å². The van der Waals surface area contributed by atoms with Gasteiger partial charge in [-0.15, -0.1) is 5.10 Å². The number of carbonyl (C=O) groups excluding carboxylic acids is 2. The largest absolute Gasteiger partial charge is 0.468 e. The standard InChI is InChI=1S/C11H17N5O4S/c1-8-5-15(3-4-20-8)9(17)7-21-11-12-13-14-16(11)6-10(18)19-2/h8H,3-7H2,1-2H3. The van der Waals surface area contributed by atoms with Crippen LogP contribution in [0.5, 0.6) is 0 Å². The van der Waals surface area contributed by atoms with Crippen LogP contribution in [0.3, 0.4) is 0 Å². The fraction of sp³-hybridized carbons (Fsp3) is 0.727. The SMILES string of the molecule is COC(=O)Cn1nnnc1SCC(=O)N1CCOC(C)C1. The molecule has 1 amide bonds. The summed E-state index contributed by atoms with van der Waals surface area (Å²) < 4.78 is 11.3. The summed E-state index contributed by atoms with van der Waals surface area (Å²) in [6.45, 7) is 3.60. The number of rotatable bonds is 5. The molecule has 1 aromatic rings. The summed E-state index contributed by atoms with van der Waals surface area (Å²) in [5.74, 6) is -0.228. The van der Waals surface area contributed by atoms with E-state index in [1.54, 1.807) is 4.90 Å². The second kappa shape index (κ2) is 7.36. The lowest BCUT2D eigenvalue weighted by atomic mass is 10.3. The molecule has 10 heteroatoms. The minimum atomic E-state index is -0.447. The van der Waals surface area contributed by atoms with E-state index in [2.05, 4.69) is 20.3 Å². The van der Waals surface area contributed by atoms with E-state index >= 15 is 0 Å². The van der Waals surface area contributed by atoms with E-state index in [0.29, 0.717) is 24.9 Å². The lowest BCUT2D eigenvalue weighted by molar-refractivity contribution is -0.141. The molecule has 0 bridgehead atoms. The monoisotopic (exact) mass is 315 g/mol. The van der Waals surface area contributed by atoms with Crippen LogP contribution in [0.15, 0.2) is 5.16 Å². The molecule has 0 radical (unpaired) electrons. The second-order valence-corrected chi connectivity index (χ2v) is 5.45. The summed E-state index contributed by atoms with van der Waals surface area (Å²) >= 11 is 1.20. The average molecular weight is 315 g/mol. The average Bonchev–Trinajstić information content (AvgIpc) is 2.91. The third kappa shape index (κ3) is 4.39. The zero-order chi connectivity index (χ0) is 15.2. The maximum Gasteiger partial charge on any atom is 0.327 e. The molecule has 1 unspecified atom stereocenters. The number of carbonyl (C=O) groups is 2. The predicted octanol–water partition coefficient (Wildman–Crippen LogP) is -0.814. The number of morpholine rings is 1. The molecule has 1 aliphatic heterocycles. The molecule has 9 nitrogen and oxygen atoms in total. The summed E-state index contributed by atoms with van der Waals surface area (Å²) in [4.78, 5) is 25.1. The van der Waals surface area contributed by atoms with Gasteiger partial charge >= 0.3 is 5.97 Å². The molecule has 21 heavy (non-hydrogen) atoms. The lowest BCUT2D eigenvalue weighted by Gasteiger charge is -2.31. The van der Waals surface area contributed by atoms with E-state index in [1.807, 2.05) is 6.92 Å². The molecule has 2 heterocycles. The van der Waals surface area contributed by atoms with Crippen LogP contribution in [0.1, 0.15) is 6.92 Å². The van der Waals surface area contributed by atoms with Crippen molar-refractivity contribution in [3.05, 3.63) is 0 Å². The third-order valence-corrected chi connectivity index (χ3v) is 3.87. The van der Waals surface area contributed by atoms with Crippen LogP contribution in [0.4, 0.5) is 0 Å². The number of aromatic nitrogens is 4. The number of esters is 1. The number of tetrazole rings is 1. The van der Waals surface area contributed by atoms with Gasteiger partial charge in [0, 0.05) is 13.1 Å². The Hall–Kier alpha value is -1.68. The van der Waals surface area contributed by atoms with E-state index in [4.69, 9.17) is 4.74 Å². The Labute approximate surface area is 125 Å². The number of ether oxygens (including phenoxy) is 2. The van der Waals surface area contributed by atoms with Crippen molar-refractivity contribution in [3.8, 4) is 0 Å². The highest BCUT2D eigenvalue weighted by molar-refractivity contribution is 7.99. The van der Waals surface area contributed by atoms with Crippen molar-refractivity contribution < 1.29 is 19.1 Å². The van der Waals surface area contributed by atoms with Gasteiger partial charge in [-0.2, -0.15) is 0 Å². The highest BCUT2D eigenvalue weighted by Gasteiger charge is 2.22. The molecule has 0 saturated carbocycles. The van der Waals surface area contributed by atoms with Crippen LogP contribution in [-0.2, 0) is 25.6 Å². The van der Waals surface area contributed by atoms with Crippen LogP contribution in [0, 0.1) is 0 Å². The molecule has 1 atom stereocenters. The molecular weight excluding hydrogens is 298 g/mol. The highest BCUT2D eigenvalue weighted by atomic mass is 32.2. The number of methoxy groups -OCH3 is 1. The van der Waals surface area contributed by atoms with E-state index in [1.165, 1.54) is 23.6 Å². The smallest absolute Gasteiger partial charge is 0.327 e. The number of hydrogen-bond donors (Lipinski definition) is 0. The van der Waals surface area contributed by atoms with Gasteiger partial charge in [0.15, 0.2) is 0 Å². The summed E-state index contributed by atoms with van der Waals surface area (Å²) in [6.07, 6.45) is 0.0531. The maximum atomic E-state index is 12.1. The molecule has 0 spiro atoms. The van der Waals surface area contributed by atoms with E-state index < -0.39 is 5.97 Å². The van der Waals surface area contributed by atoms with E-state index in [9.17, 15) is 9.59 Å². The Morgan fingerprint density at radius 1 is 1.52 bits per heavy atom. The van der Waals surface area contributed by atoms with Crippen molar-refractivity contribution >= 4 is 23.6 Å². The van der Waals surface area contributed by atoms with Crippen LogP contribution in [-0.4, -0.2) is 75.6 Å². The molecule has 0 N–H and O–H groups in total. The zero-order valence-corrected chi connectivity index (χ0v) is 12.7. The Balaban J connectivity index is 1.86. The molecular formula is C11H17N5O4S. The summed E-state index contributed by atoms with van der Waals surface area (Å²) in [7, 11) is 1.29. The molecule has 0 aliphatic carbocycles. The number of amides is 1. The summed E-state index contributed by atoms with van der Waals surface area (Å²) in [5, 5.41) is 11.4. The van der Waals surface area contributed by atoms with Gasteiger partial charge in [-0.25, -0.2) is 4.68 Å². The molecule has 1 aliphatic rings. The number of nitrogens with zero attached hydrogens (tertiary/aromatic N) is 5. The van der Waals surface area contributed by atoms with Gasteiger partial charge in [-0.05, 0) is 17.4 Å². The Bertz CT molecular complexity index is 509. The predicted molar refractivity (Wildman–Crippen MR) is 72.6 cm³/mol. The van der Waals surface area contributed by atoms with Gasteiger partial charge in [0.1, 0.15) is 6.54 Å². The first-order valence-corrected chi connectivity index (χ1v) is 7.44. The van der Waals surface area contributed by atoms with Crippen LogP contribution < -0.4 is 0 Å². The molecule has 2 rings (SSSR count). The van der Waals surface area contributed by atoms with E-state index in [0.717, 1.165) is 0 Å². The van der Waals surface area contributed by atoms with Crippen molar-refractivity contribution in [2.75, 3.05) is 32.6 Å². The molecule has 116 valence electrons. The van der Waals surface area contributed by atoms with E-state index in [-0.39, 0.29) is 24.3 Å². The fourth-order valence-electron chi connectivity index (χ4n) is 1.85. The number of thioether (sulfide) groups is 1. The fourth-order valence-corrected chi connectivity index (χ4v) is 2.63. The number of hydrogen-bond acceptors (Lipinski definition) is 8. The Morgan fingerprint density at radius 3 is 3.05 bits per heavy atom.